The van der Waals surface area contributed by atoms with E-state index in [4.69, 9.17) is 5.11 Å². The van der Waals surface area contributed by atoms with Gasteiger partial charge in [0.15, 0.2) is 0 Å². The van der Waals surface area contributed by atoms with Gasteiger partial charge in [0.25, 0.3) is 0 Å². The van der Waals surface area contributed by atoms with E-state index in [1.54, 1.807) is 12.1 Å². The first-order chi connectivity index (χ1) is 10.0. The zero-order valence-corrected chi connectivity index (χ0v) is 12.6. The largest absolute Gasteiger partial charge is 0.478 e. The number of benzene rings is 1. The number of fused-ring (bicyclic) bond motifs is 1. The lowest BCUT2D eigenvalue weighted by atomic mass is 10.1. The third kappa shape index (κ3) is 3.74. The van der Waals surface area contributed by atoms with Crippen molar-refractivity contribution < 1.29 is 14.7 Å². The SMILES string of the molecule is CCCC(C)NC(=O)CN1CCc2ccc(C(=O)O)cc21. The molecule has 5 heteroatoms. The Balaban J connectivity index is 2.03. The first-order valence-electron chi connectivity index (χ1n) is 7.41. The molecule has 5 nitrogen and oxygen atoms in total. The van der Waals surface area contributed by atoms with Gasteiger partial charge in [-0.1, -0.05) is 19.4 Å². The van der Waals surface area contributed by atoms with Crippen molar-refractivity contribution >= 4 is 17.6 Å². The summed E-state index contributed by atoms with van der Waals surface area (Å²) in [5.74, 6) is -0.949. The molecule has 2 rings (SSSR count). The van der Waals surface area contributed by atoms with Crippen LogP contribution in [0.2, 0.25) is 0 Å². The van der Waals surface area contributed by atoms with Crippen molar-refractivity contribution in [3.63, 3.8) is 0 Å². The lowest BCUT2D eigenvalue weighted by molar-refractivity contribution is -0.120. The second-order valence-electron chi connectivity index (χ2n) is 5.58. The maximum atomic E-state index is 12.0. The van der Waals surface area contributed by atoms with Crippen LogP contribution in [0.15, 0.2) is 18.2 Å². The lowest BCUT2D eigenvalue weighted by Crippen LogP contribution is -2.40. The molecule has 0 fully saturated rings. The highest BCUT2D eigenvalue weighted by molar-refractivity contribution is 5.90. The summed E-state index contributed by atoms with van der Waals surface area (Å²) in [6, 6.07) is 5.30. The Labute approximate surface area is 125 Å². The molecule has 1 aromatic carbocycles. The van der Waals surface area contributed by atoms with E-state index in [0.29, 0.717) is 0 Å². The minimum Gasteiger partial charge on any atom is -0.478 e. The maximum Gasteiger partial charge on any atom is 0.335 e. The number of rotatable bonds is 6. The summed E-state index contributed by atoms with van der Waals surface area (Å²) in [4.78, 5) is 25.0. The number of carbonyl (C=O) groups excluding carboxylic acids is 1. The van der Waals surface area contributed by atoms with Crippen molar-refractivity contribution in [1.29, 1.82) is 0 Å². The minimum absolute atomic E-state index is 0.00970. The number of anilines is 1. The summed E-state index contributed by atoms with van der Waals surface area (Å²) in [6.07, 6.45) is 2.86. The predicted octanol–water partition coefficient (Wildman–Crippen LogP) is 2.05. The molecule has 0 radical (unpaired) electrons. The second kappa shape index (κ2) is 6.61. The van der Waals surface area contributed by atoms with Gasteiger partial charge in [0, 0.05) is 18.3 Å². The van der Waals surface area contributed by atoms with Crippen LogP contribution in [-0.4, -0.2) is 36.1 Å². The Kier molecular flexibility index (Phi) is 4.83. The van der Waals surface area contributed by atoms with Crippen molar-refractivity contribution in [2.45, 2.75) is 39.2 Å². The van der Waals surface area contributed by atoms with Gasteiger partial charge in [-0.3, -0.25) is 4.79 Å². The van der Waals surface area contributed by atoms with Crippen LogP contribution in [0.1, 0.15) is 42.6 Å². The fraction of sp³-hybridized carbons (Fsp3) is 0.500. The van der Waals surface area contributed by atoms with Gasteiger partial charge in [-0.05, 0) is 37.5 Å². The van der Waals surface area contributed by atoms with Crippen LogP contribution in [-0.2, 0) is 11.2 Å². The average Bonchev–Trinajstić information content (AvgIpc) is 2.81. The minimum atomic E-state index is -0.939. The number of carboxylic acids is 1. The van der Waals surface area contributed by atoms with Crippen LogP contribution in [0.3, 0.4) is 0 Å². The van der Waals surface area contributed by atoms with E-state index in [0.717, 1.165) is 37.1 Å². The smallest absolute Gasteiger partial charge is 0.335 e. The molecule has 2 N–H and O–H groups in total. The Morgan fingerprint density at radius 1 is 1.43 bits per heavy atom. The molecule has 1 atom stereocenters. The Hall–Kier alpha value is -2.04. The predicted molar refractivity (Wildman–Crippen MR) is 81.8 cm³/mol. The molecule has 1 heterocycles. The maximum absolute atomic E-state index is 12.0. The normalized spacial score (nSPS) is 14.7. The highest BCUT2D eigenvalue weighted by Crippen LogP contribution is 2.28. The molecule has 1 aliphatic rings. The van der Waals surface area contributed by atoms with Crippen molar-refractivity contribution in [1.82, 2.24) is 5.32 Å². The molecule has 21 heavy (non-hydrogen) atoms. The molecule has 0 saturated heterocycles. The van der Waals surface area contributed by atoms with Crippen molar-refractivity contribution in [3.8, 4) is 0 Å². The third-order valence-corrected chi connectivity index (χ3v) is 3.79. The molecule has 1 unspecified atom stereocenters. The fourth-order valence-corrected chi connectivity index (χ4v) is 2.74. The topological polar surface area (TPSA) is 69.6 Å². The summed E-state index contributed by atoms with van der Waals surface area (Å²) in [7, 11) is 0. The second-order valence-corrected chi connectivity index (χ2v) is 5.58. The Morgan fingerprint density at radius 2 is 2.19 bits per heavy atom. The number of carboxylic acid groups (broad SMARTS) is 1. The first kappa shape index (κ1) is 15.4. The van der Waals surface area contributed by atoms with Crippen LogP contribution < -0.4 is 10.2 Å². The Bertz CT molecular complexity index is 542. The lowest BCUT2D eigenvalue weighted by Gasteiger charge is -2.21. The van der Waals surface area contributed by atoms with Gasteiger partial charge < -0.3 is 15.3 Å². The van der Waals surface area contributed by atoms with Crippen LogP contribution in [0.25, 0.3) is 0 Å². The summed E-state index contributed by atoms with van der Waals surface area (Å²) >= 11 is 0. The number of amides is 1. The molecule has 1 aliphatic heterocycles. The zero-order chi connectivity index (χ0) is 15.4. The van der Waals surface area contributed by atoms with Gasteiger partial charge in [-0.2, -0.15) is 0 Å². The number of nitrogens with one attached hydrogen (secondary N) is 1. The summed E-state index contributed by atoms with van der Waals surface area (Å²) < 4.78 is 0. The van der Waals surface area contributed by atoms with Crippen LogP contribution in [0, 0.1) is 0 Å². The molecule has 114 valence electrons. The van der Waals surface area contributed by atoms with Gasteiger partial charge >= 0.3 is 5.97 Å². The van der Waals surface area contributed by atoms with Gasteiger partial charge in [-0.15, -0.1) is 0 Å². The van der Waals surface area contributed by atoms with E-state index in [9.17, 15) is 9.59 Å². The monoisotopic (exact) mass is 290 g/mol. The number of carbonyl (C=O) groups is 2. The number of hydrogen-bond acceptors (Lipinski definition) is 3. The van der Waals surface area contributed by atoms with E-state index < -0.39 is 5.97 Å². The first-order valence-corrected chi connectivity index (χ1v) is 7.41. The molecule has 0 aliphatic carbocycles. The highest BCUT2D eigenvalue weighted by Gasteiger charge is 2.22. The third-order valence-electron chi connectivity index (χ3n) is 3.79. The average molecular weight is 290 g/mol. The van der Waals surface area contributed by atoms with Crippen molar-refractivity contribution in [2.75, 3.05) is 18.0 Å². The number of nitrogens with zero attached hydrogens (tertiary/aromatic N) is 1. The molecule has 0 saturated carbocycles. The zero-order valence-electron chi connectivity index (χ0n) is 12.6. The molecule has 1 amide bonds. The van der Waals surface area contributed by atoms with E-state index in [1.807, 2.05) is 17.9 Å². The van der Waals surface area contributed by atoms with Gasteiger partial charge in [0.05, 0.1) is 12.1 Å². The van der Waals surface area contributed by atoms with Gasteiger partial charge in [0.2, 0.25) is 5.91 Å². The van der Waals surface area contributed by atoms with Crippen molar-refractivity contribution in [2.24, 2.45) is 0 Å². The van der Waals surface area contributed by atoms with Crippen LogP contribution in [0.5, 0.6) is 0 Å². The summed E-state index contributed by atoms with van der Waals surface area (Å²) in [5.41, 5.74) is 2.24. The molecular weight excluding hydrogens is 268 g/mol. The highest BCUT2D eigenvalue weighted by atomic mass is 16.4. The van der Waals surface area contributed by atoms with Crippen LogP contribution in [0.4, 0.5) is 5.69 Å². The molecular formula is C16H22N2O3. The molecule has 0 spiro atoms. The summed E-state index contributed by atoms with van der Waals surface area (Å²) in [5, 5.41) is 12.0. The molecule has 0 aromatic heterocycles. The van der Waals surface area contributed by atoms with E-state index in [1.165, 1.54) is 0 Å². The van der Waals surface area contributed by atoms with E-state index in [-0.39, 0.29) is 24.1 Å². The molecule has 1 aromatic rings. The van der Waals surface area contributed by atoms with E-state index >= 15 is 0 Å². The number of aromatic carboxylic acids is 1. The standard InChI is InChI=1S/C16H22N2O3/c1-3-4-11(2)17-15(19)10-18-8-7-12-5-6-13(16(20)21)9-14(12)18/h5-6,9,11H,3-4,7-8,10H2,1-2H3,(H,17,19)(H,20,21). The molecule has 0 bridgehead atoms. The van der Waals surface area contributed by atoms with Gasteiger partial charge in [-0.25, -0.2) is 4.79 Å². The number of hydrogen-bond donors (Lipinski definition) is 2. The Morgan fingerprint density at radius 3 is 2.86 bits per heavy atom. The van der Waals surface area contributed by atoms with Gasteiger partial charge in [0.1, 0.15) is 0 Å². The summed E-state index contributed by atoms with van der Waals surface area (Å²) in [6.45, 7) is 5.13. The van der Waals surface area contributed by atoms with Crippen LogP contribution >= 0.6 is 0 Å². The van der Waals surface area contributed by atoms with E-state index in [2.05, 4.69) is 12.2 Å². The van der Waals surface area contributed by atoms with Crippen molar-refractivity contribution in [3.05, 3.63) is 29.3 Å². The quantitative estimate of drug-likeness (QED) is 0.841. The fourth-order valence-electron chi connectivity index (χ4n) is 2.74.